The topological polar surface area (TPSA) is 173 Å². The van der Waals surface area contributed by atoms with Gasteiger partial charge in [0.15, 0.2) is 0 Å². The number of rotatable bonds is 11. The lowest BCUT2D eigenvalue weighted by Gasteiger charge is -2.27. The Morgan fingerprint density at radius 1 is 1.27 bits per heavy atom. The van der Waals surface area contributed by atoms with Crippen molar-refractivity contribution in [2.75, 3.05) is 29.0 Å². The van der Waals surface area contributed by atoms with Crippen LogP contribution in [0.5, 0.6) is 0 Å². The highest BCUT2D eigenvalue weighted by Gasteiger charge is 2.20. The lowest BCUT2D eigenvalue weighted by Crippen LogP contribution is -2.40. The Kier molecular flexibility index (Phi) is 8.83. The van der Waals surface area contributed by atoms with Crippen molar-refractivity contribution >= 4 is 33.1 Å². The Morgan fingerprint density at radius 2 is 1.97 bits per heavy atom. The van der Waals surface area contributed by atoms with Crippen LogP contribution in [-0.4, -0.2) is 37.0 Å². The molecule has 2 aromatic rings. The number of carbonyl (C=O) groups is 1. The third-order valence-corrected chi connectivity index (χ3v) is 5.82. The number of aromatic nitrogens is 2. The number of aromatic amines is 1. The summed E-state index contributed by atoms with van der Waals surface area (Å²) in [5.74, 6) is -0.168. The van der Waals surface area contributed by atoms with Crippen molar-refractivity contribution in [1.29, 1.82) is 0 Å². The van der Waals surface area contributed by atoms with Gasteiger partial charge in [-0.25, -0.2) is 18.4 Å². The number of unbranched alkanes of at least 4 members (excludes halogenated alkanes) is 1. The maximum atomic E-state index is 12.6. The van der Waals surface area contributed by atoms with E-state index in [1.54, 1.807) is 11.0 Å². The van der Waals surface area contributed by atoms with Gasteiger partial charge in [-0.15, -0.1) is 0 Å². The fourth-order valence-electron chi connectivity index (χ4n) is 3.37. The quantitative estimate of drug-likeness (QED) is 0.372. The van der Waals surface area contributed by atoms with E-state index in [0.29, 0.717) is 13.1 Å². The summed E-state index contributed by atoms with van der Waals surface area (Å²) in [4.78, 5) is 41.3. The zero-order valence-electron chi connectivity index (χ0n) is 19.1. The molecule has 6 N–H and O–H groups in total. The van der Waals surface area contributed by atoms with Crippen molar-refractivity contribution in [1.82, 2.24) is 9.55 Å². The molecule has 0 saturated carbocycles. The van der Waals surface area contributed by atoms with Crippen LogP contribution in [0.2, 0.25) is 0 Å². The third kappa shape index (κ3) is 7.19. The van der Waals surface area contributed by atoms with Gasteiger partial charge in [-0.05, 0) is 30.5 Å². The number of carbonyl (C=O) groups excluding carboxylic acids is 1. The first-order chi connectivity index (χ1) is 15.4. The standard InChI is InChI=1S/C21H32N6O5S/c1-4-5-10-27-19(22)18(20(29)25-21(27)30)26(13-14(2)3)11-9-17(28)24-15-7-6-8-16(12-15)33(23,31)32/h6-8,12,14H,4-5,9-11,13,22H2,1-3H3,(H,24,28)(H2,23,31,32)(H,25,29,30). The Hall–Kier alpha value is -3.12. The molecule has 0 aliphatic heterocycles. The van der Waals surface area contributed by atoms with Crippen LogP contribution in [0.4, 0.5) is 17.2 Å². The van der Waals surface area contributed by atoms with Crippen molar-refractivity contribution in [2.45, 2.75) is 51.5 Å². The number of nitrogens with zero attached hydrogens (tertiary/aromatic N) is 2. The van der Waals surface area contributed by atoms with Crippen molar-refractivity contribution < 1.29 is 13.2 Å². The van der Waals surface area contributed by atoms with E-state index in [-0.39, 0.29) is 46.9 Å². The van der Waals surface area contributed by atoms with Crippen molar-refractivity contribution in [3.63, 3.8) is 0 Å². The fraction of sp³-hybridized carbons (Fsp3) is 0.476. The van der Waals surface area contributed by atoms with Crippen molar-refractivity contribution in [3.05, 3.63) is 45.1 Å². The molecule has 0 radical (unpaired) electrons. The van der Waals surface area contributed by atoms with Crippen LogP contribution in [-0.2, 0) is 21.4 Å². The summed E-state index contributed by atoms with van der Waals surface area (Å²) in [5.41, 5.74) is 5.49. The molecule has 0 saturated heterocycles. The highest BCUT2D eigenvalue weighted by Crippen LogP contribution is 2.19. The summed E-state index contributed by atoms with van der Waals surface area (Å²) in [5, 5.41) is 7.77. The zero-order valence-corrected chi connectivity index (χ0v) is 19.9. The average Bonchev–Trinajstić information content (AvgIpc) is 2.70. The maximum absolute atomic E-state index is 12.6. The highest BCUT2D eigenvalue weighted by atomic mass is 32.2. The maximum Gasteiger partial charge on any atom is 0.330 e. The lowest BCUT2D eigenvalue weighted by molar-refractivity contribution is -0.116. The molecule has 0 aliphatic carbocycles. The van der Waals surface area contributed by atoms with Gasteiger partial charge < -0.3 is 16.0 Å². The molecule has 0 spiro atoms. The molecule has 12 heteroatoms. The molecule has 1 heterocycles. The smallest absolute Gasteiger partial charge is 0.330 e. The zero-order chi connectivity index (χ0) is 24.8. The third-order valence-electron chi connectivity index (χ3n) is 4.91. The number of hydrogen-bond donors (Lipinski definition) is 4. The van der Waals surface area contributed by atoms with Crippen LogP contribution < -0.4 is 32.3 Å². The van der Waals surface area contributed by atoms with Gasteiger partial charge in [-0.1, -0.05) is 33.3 Å². The number of primary sulfonamides is 1. The van der Waals surface area contributed by atoms with Gasteiger partial charge in [0, 0.05) is 31.7 Å². The lowest BCUT2D eigenvalue weighted by atomic mass is 10.2. The SMILES string of the molecule is CCCCn1c(N)c(N(CCC(=O)Nc2cccc(S(N)(=O)=O)c2)CC(C)C)c(=O)[nH]c1=O. The molecule has 0 fully saturated rings. The molecule has 33 heavy (non-hydrogen) atoms. The van der Waals surface area contributed by atoms with Gasteiger partial charge in [0.25, 0.3) is 5.56 Å². The molecule has 182 valence electrons. The number of nitrogens with one attached hydrogen (secondary N) is 2. The number of hydrogen-bond acceptors (Lipinski definition) is 7. The normalized spacial score (nSPS) is 11.5. The highest BCUT2D eigenvalue weighted by molar-refractivity contribution is 7.89. The first-order valence-electron chi connectivity index (χ1n) is 10.7. The molecular weight excluding hydrogens is 448 g/mol. The summed E-state index contributed by atoms with van der Waals surface area (Å²) < 4.78 is 24.4. The van der Waals surface area contributed by atoms with Crippen LogP contribution >= 0.6 is 0 Å². The Morgan fingerprint density at radius 3 is 2.58 bits per heavy atom. The molecular formula is C21H32N6O5S. The van der Waals surface area contributed by atoms with E-state index >= 15 is 0 Å². The van der Waals surface area contributed by atoms with E-state index < -0.39 is 21.3 Å². The molecule has 0 aliphatic rings. The van der Waals surface area contributed by atoms with Crippen LogP contribution in [0.15, 0.2) is 38.8 Å². The molecule has 0 bridgehead atoms. The largest absolute Gasteiger partial charge is 0.383 e. The molecule has 1 aromatic carbocycles. The summed E-state index contributed by atoms with van der Waals surface area (Å²) in [6.45, 7) is 6.88. The minimum atomic E-state index is -3.90. The summed E-state index contributed by atoms with van der Waals surface area (Å²) >= 11 is 0. The van der Waals surface area contributed by atoms with Crippen molar-refractivity contribution in [2.24, 2.45) is 11.1 Å². The first-order valence-corrected chi connectivity index (χ1v) is 12.3. The predicted molar refractivity (Wildman–Crippen MR) is 129 cm³/mol. The van der Waals surface area contributed by atoms with E-state index in [1.807, 2.05) is 20.8 Å². The fourth-order valence-corrected chi connectivity index (χ4v) is 3.93. The van der Waals surface area contributed by atoms with Gasteiger partial charge in [-0.3, -0.25) is 19.1 Å². The number of amides is 1. The van der Waals surface area contributed by atoms with Crippen LogP contribution in [0.25, 0.3) is 0 Å². The number of benzene rings is 1. The van der Waals surface area contributed by atoms with E-state index in [9.17, 15) is 22.8 Å². The van der Waals surface area contributed by atoms with Gasteiger partial charge in [-0.2, -0.15) is 0 Å². The van der Waals surface area contributed by atoms with Gasteiger partial charge in [0.05, 0.1) is 4.90 Å². The van der Waals surface area contributed by atoms with Crippen LogP contribution in [0, 0.1) is 5.92 Å². The number of nitrogen functional groups attached to an aromatic ring is 1. The number of H-pyrrole nitrogens is 1. The summed E-state index contributed by atoms with van der Waals surface area (Å²) in [7, 11) is -3.90. The minimum absolute atomic E-state index is 0.000705. The van der Waals surface area contributed by atoms with Gasteiger partial charge >= 0.3 is 5.69 Å². The van der Waals surface area contributed by atoms with E-state index in [2.05, 4.69) is 10.3 Å². The summed E-state index contributed by atoms with van der Waals surface area (Å²) in [6, 6.07) is 5.62. The second kappa shape index (κ2) is 11.1. The average molecular weight is 481 g/mol. The Labute approximate surface area is 192 Å². The molecule has 1 amide bonds. The van der Waals surface area contributed by atoms with E-state index in [1.165, 1.54) is 22.8 Å². The van der Waals surface area contributed by atoms with Crippen molar-refractivity contribution in [3.8, 4) is 0 Å². The van der Waals surface area contributed by atoms with Gasteiger partial charge in [0.2, 0.25) is 15.9 Å². The van der Waals surface area contributed by atoms with Gasteiger partial charge in [0.1, 0.15) is 11.5 Å². The number of anilines is 3. The molecule has 2 rings (SSSR count). The Bertz CT molecular complexity index is 1200. The molecule has 0 atom stereocenters. The molecule has 11 nitrogen and oxygen atoms in total. The second-order valence-corrected chi connectivity index (χ2v) is 9.77. The number of sulfonamides is 1. The first kappa shape index (κ1) is 26.1. The predicted octanol–water partition coefficient (Wildman–Crippen LogP) is 1.06. The van der Waals surface area contributed by atoms with Crippen LogP contribution in [0.1, 0.15) is 40.0 Å². The van der Waals surface area contributed by atoms with Crippen LogP contribution in [0.3, 0.4) is 0 Å². The second-order valence-electron chi connectivity index (χ2n) is 8.21. The molecule has 0 unspecified atom stereocenters. The Balaban J connectivity index is 2.25. The van der Waals surface area contributed by atoms with E-state index in [0.717, 1.165) is 12.8 Å². The van der Waals surface area contributed by atoms with E-state index in [4.69, 9.17) is 10.9 Å². The minimum Gasteiger partial charge on any atom is -0.383 e. The monoisotopic (exact) mass is 480 g/mol. The molecule has 1 aromatic heterocycles. The number of nitrogens with two attached hydrogens (primary N) is 2. The summed E-state index contributed by atoms with van der Waals surface area (Å²) in [6.07, 6.45) is 1.57.